The van der Waals surface area contributed by atoms with Gasteiger partial charge in [-0.3, -0.25) is 19.2 Å². The number of hydrogen-bond donors (Lipinski definition) is 1. The molecule has 8 nitrogen and oxygen atoms in total. The molecule has 1 amide bonds. The van der Waals surface area contributed by atoms with Gasteiger partial charge in [-0.1, -0.05) is 36.4 Å². The summed E-state index contributed by atoms with van der Waals surface area (Å²) in [5, 5.41) is 12.6. The highest BCUT2D eigenvalue weighted by atomic mass is 32.2. The summed E-state index contributed by atoms with van der Waals surface area (Å²) in [5.41, 5.74) is 1.80. The summed E-state index contributed by atoms with van der Waals surface area (Å²) in [6, 6.07) is 17.7. The topological polar surface area (TPSA) is 89.1 Å². The Bertz CT molecular complexity index is 1210. The van der Waals surface area contributed by atoms with Crippen molar-refractivity contribution in [3.05, 3.63) is 79.0 Å². The molecule has 9 heteroatoms. The number of thioether (sulfide) groups is 1. The smallest absolute Gasteiger partial charge is 0.230 e. The zero-order valence-electron chi connectivity index (χ0n) is 19.4. The number of para-hydroxylation sites is 1. The number of piperidine rings is 1. The number of nitrogens with zero attached hydrogens (tertiary/aromatic N) is 5. The molecule has 1 atom stereocenters. The van der Waals surface area contributed by atoms with Crippen molar-refractivity contribution in [3.8, 4) is 17.1 Å². The van der Waals surface area contributed by atoms with Gasteiger partial charge in [0, 0.05) is 30.2 Å². The Morgan fingerprint density at radius 3 is 2.63 bits per heavy atom. The van der Waals surface area contributed by atoms with Crippen LogP contribution in [0.25, 0.3) is 17.1 Å². The number of rotatable bonds is 9. The van der Waals surface area contributed by atoms with Crippen LogP contribution in [0.4, 0.5) is 0 Å². The van der Waals surface area contributed by atoms with E-state index in [9.17, 15) is 4.79 Å². The van der Waals surface area contributed by atoms with E-state index in [4.69, 9.17) is 4.42 Å². The van der Waals surface area contributed by atoms with E-state index in [0.717, 1.165) is 30.1 Å². The molecule has 4 aromatic rings. The van der Waals surface area contributed by atoms with Crippen LogP contribution < -0.4 is 5.32 Å². The van der Waals surface area contributed by atoms with Gasteiger partial charge >= 0.3 is 0 Å². The van der Waals surface area contributed by atoms with E-state index in [1.54, 1.807) is 18.7 Å². The number of amides is 1. The average molecular weight is 489 g/mol. The van der Waals surface area contributed by atoms with Gasteiger partial charge in [-0.25, -0.2) is 0 Å². The summed E-state index contributed by atoms with van der Waals surface area (Å²) in [5.74, 6) is 1.78. The Balaban J connectivity index is 1.28. The first-order valence-electron chi connectivity index (χ1n) is 11.9. The van der Waals surface area contributed by atoms with E-state index in [1.807, 2.05) is 59.2 Å². The second-order valence-corrected chi connectivity index (χ2v) is 9.38. The molecule has 1 fully saturated rings. The van der Waals surface area contributed by atoms with E-state index in [1.165, 1.54) is 31.0 Å². The van der Waals surface area contributed by atoms with Crippen LogP contribution in [0.1, 0.15) is 31.1 Å². The molecule has 0 radical (unpaired) electrons. The van der Waals surface area contributed by atoms with Crippen LogP contribution in [0, 0.1) is 0 Å². The van der Waals surface area contributed by atoms with E-state index in [-0.39, 0.29) is 17.7 Å². The summed E-state index contributed by atoms with van der Waals surface area (Å²) in [7, 11) is 0. The van der Waals surface area contributed by atoms with E-state index < -0.39 is 0 Å². The zero-order chi connectivity index (χ0) is 23.9. The van der Waals surface area contributed by atoms with Crippen molar-refractivity contribution < 1.29 is 9.21 Å². The highest BCUT2D eigenvalue weighted by molar-refractivity contribution is 7.99. The van der Waals surface area contributed by atoms with Crippen LogP contribution in [-0.4, -0.2) is 55.9 Å². The molecule has 0 saturated carbocycles. The lowest BCUT2D eigenvalue weighted by atomic mass is 10.1. The predicted octanol–water partition coefficient (Wildman–Crippen LogP) is 4.36. The van der Waals surface area contributed by atoms with Gasteiger partial charge < -0.3 is 9.73 Å². The lowest BCUT2D eigenvalue weighted by Gasteiger charge is -2.33. The number of hydrogen-bond acceptors (Lipinski definition) is 7. The third-order valence-corrected chi connectivity index (χ3v) is 7.02. The first kappa shape index (κ1) is 23.3. The predicted molar refractivity (Wildman–Crippen MR) is 135 cm³/mol. The van der Waals surface area contributed by atoms with Crippen LogP contribution in [0.2, 0.25) is 0 Å². The van der Waals surface area contributed by atoms with Crippen molar-refractivity contribution in [1.29, 1.82) is 0 Å². The Kier molecular flexibility index (Phi) is 7.55. The maximum absolute atomic E-state index is 12.8. The number of furan rings is 1. The van der Waals surface area contributed by atoms with E-state index in [2.05, 4.69) is 25.4 Å². The largest absolute Gasteiger partial charge is 0.468 e. The van der Waals surface area contributed by atoms with Crippen LogP contribution in [-0.2, 0) is 4.79 Å². The fourth-order valence-electron chi connectivity index (χ4n) is 4.37. The monoisotopic (exact) mass is 488 g/mol. The molecular formula is C26H28N6O2S. The second-order valence-electron chi connectivity index (χ2n) is 8.44. The Hall–Kier alpha value is -3.43. The molecule has 5 rings (SSSR count). The number of likely N-dealkylation sites (tertiary alicyclic amines) is 1. The van der Waals surface area contributed by atoms with Crippen LogP contribution >= 0.6 is 11.8 Å². The van der Waals surface area contributed by atoms with Gasteiger partial charge in [-0.2, -0.15) is 0 Å². The van der Waals surface area contributed by atoms with Crippen molar-refractivity contribution in [2.24, 2.45) is 0 Å². The maximum Gasteiger partial charge on any atom is 0.230 e. The lowest BCUT2D eigenvalue weighted by molar-refractivity contribution is -0.118. The first-order chi connectivity index (χ1) is 17.3. The third kappa shape index (κ3) is 5.63. The number of carbonyl (C=O) groups excluding carboxylic acids is 1. The number of pyridine rings is 1. The molecule has 180 valence electrons. The van der Waals surface area contributed by atoms with Gasteiger partial charge in [0.1, 0.15) is 5.76 Å². The molecule has 1 saturated heterocycles. The molecule has 1 aliphatic heterocycles. The summed E-state index contributed by atoms with van der Waals surface area (Å²) in [4.78, 5) is 19.5. The first-order valence-corrected chi connectivity index (χ1v) is 12.9. The number of carbonyl (C=O) groups is 1. The molecule has 4 heterocycles. The van der Waals surface area contributed by atoms with Gasteiger partial charge in [0.15, 0.2) is 11.0 Å². The van der Waals surface area contributed by atoms with Gasteiger partial charge in [-0.05, 0) is 62.3 Å². The van der Waals surface area contributed by atoms with Crippen molar-refractivity contribution in [2.75, 3.05) is 25.4 Å². The molecule has 3 aromatic heterocycles. The highest BCUT2D eigenvalue weighted by Gasteiger charge is 2.25. The minimum Gasteiger partial charge on any atom is -0.468 e. The zero-order valence-corrected chi connectivity index (χ0v) is 20.2. The van der Waals surface area contributed by atoms with E-state index in [0.29, 0.717) is 17.5 Å². The molecule has 0 bridgehead atoms. The van der Waals surface area contributed by atoms with Gasteiger partial charge in [-0.15, -0.1) is 10.2 Å². The Morgan fingerprint density at radius 1 is 1.03 bits per heavy atom. The summed E-state index contributed by atoms with van der Waals surface area (Å²) in [6.07, 6.45) is 8.80. The molecule has 1 unspecified atom stereocenters. The fourth-order valence-corrected chi connectivity index (χ4v) is 5.15. The SMILES string of the molecule is O=C(CSc1nnc(-c2cccnc2)n1-c1ccccc1)NCC(c1ccco1)N1CCCCC1. The molecule has 1 N–H and O–H groups in total. The molecule has 35 heavy (non-hydrogen) atoms. The van der Waals surface area contributed by atoms with Gasteiger partial charge in [0.25, 0.3) is 0 Å². The third-order valence-electron chi connectivity index (χ3n) is 6.10. The van der Waals surface area contributed by atoms with Crippen molar-refractivity contribution in [1.82, 2.24) is 30.0 Å². The van der Waals surface area contributed by atoms with Gasteiger partial charge in [0.2, 0.25) is 5.91 Å². The Labute approximate surface area is 208 Å². The number of nitrogens with one attached hydrogen (secondary N) is 1. The van der Waals surface area contributed by atoms with Crippen LogP contribution in [0.5, 0.6) is 0 Å². The summed E-state index contributed by atoms with van der Waals surface area (Å²) >= 11 is 1.37. The molecule has 0 aliphatic carbocycles. The summed E-state index contributed by atoms with van der Waals surface area (Å²) < 4.78 is 7.66. The molecule has 0 spiro atoms. The summed E-state index contributed by atoms with van der Waals surface area (Å²) in [6.45, 7) is 2.56. The fraction of sp³-hybridized carbons (Fsp3) is 0.308. The van der Waals surface area contributed by atoms with Crippen LogP contribution in [0.15, 0.2) is 82.8 Å². The average Bonchev–Trinajstić information content (AvgIpc) is 3.60. The maximum atomic E-state index is 12.8. The highest BCUT2D eigenvalue weighted by Crippen LogP contribution is 2.28. The molecule has 1 aromatic carbocycles. The molecule has 1 aliphatic rings. The second kappa shape index (κ2) is 11.3. The normalized spacial score (nSPS) is 15.1. The molecular weight excluding hydrogens is 460 g/mol. The lowest BCUT2D eigenvalue weighted by Crippen LogP contribution is -2.40. The van der Waals surface area contributed by atoms with Crippen LogP contribution in [0.3, 0.4) is 0 Å². The number of benzene rings is 1. The van der Waals surface area contributed by atoms with Crippen molar-refractivity contribution in [3.63, 3.8) is 0 Å². The van der Waals surface area contributed by atoms with Crippen molar-refractivity contribution in [2.45, 2.75) is 30.5 Å². The quantitative estimate of drug-likeness (QED) is 0.350. The standard InChI is InChI=1S/C26H28N6O2S/c33-24(28-18-22(23-12-8-16-34-23)31-14-5-2-6-15-31)19-35-26-30-29-25(20-9-7-13-27-17-20)32(26)21-10-3-1-4-11-21/h1,3-4,7-13,16-17,22H,2,5-6,14-15,18-19H2,(H,28,33). The van der Waals surface area contributed by atoms with E-state index >= 15 is 0 Å². The minimum atomic E-state index is -0.0471. The van der Waals surface area contributed by atoms with Gasteiger partial charge in [0.05, 0.1) is 18.1 Å². The van der Waals surface area contributed by atoms with Crippen molar-refractivity contribution >= 4 is 17.7 Å². The Morgan fingerprint density at radius 2 is 1.89 bits per heavy atom. The number of aromatic nitrogens is 4. The minimum absolute atomic E-state index is 0.0457.